The van der Waals surface area contributed by atoms with Gasteiger partial charge in [-0.3, -0.25) is 18.6 Å². The second-order valence-corrected chi connectivity index (χ2v) is 10.9. The summed E-state index contributed by atoms with van der Waals surface area (Å²) in [6, 6.07) is 23.3. The van der Waals surface area contributed by atoms with Crippen LogP contribution in [0.3, 0.4) is 0 Å². The smallest absolute Gasteiger partial charge is 0.333 e. The van der Waals surface area contributed by atoms with E-state index in [2.05, 4.69) is 10.4 Å². The number of hydrogen-bond acceptors (Lipinski definition) is 4. The van der Waals surface area contributed by atoms with Gasteiger partial charge in [-0.1, -0.05) is 42.5 Å². The molecule has 0 bridgehead atoms. The summed E-state index contributed by atoms with van der Waals surface area (Å²) in [7, 11) is 0. The largest absolute Gasteiger partial charge is 0.389 e. The fraction of sp³-hybridized carbons (Fsp3) is 0.344. The number of aryl methyl sites for hydroxylation is 1. The van der Waals surface area contributed by atoms with Crippen molar-refractivity contribution in [3.05, 3.63) is 94.5 Å². The average molecular weight is 538 g/mol. The minimum absolute atomic E-state index is 0.0545. The van der Waals surface area contributed by atoms with Gasteiger partial charge in [0.15, 0.2) is 0 Å². The lowest BCUT2D eigenvalue weighted by Crippen LogP contribution is -2.39. The lowest BCUT2D eigenvalue weighted by atomic mass is 9.86. The lowest BCUT2D eigenvalue weighted by Gasteiger charge is -2.29. The van der Waals surface area contributed by atoms with Crippen molar-refractivity contribution in [2.75, 3.05) is 0 Å². The molecule has 1 aliphatic rings. The summed E-state index contributed by atoms with van der Waals surface area (Å²) < 4.78 is 5.44. The zero-order chi connectivity index (χ0) is 27.8. The lowest BCUT2D eigenvalue weighted by molar-refractivity contribution is 0.0911. The predicted octanol–water partition coefficient (Wildman–Crippen LogP) is 5.20. The van der Waals surface area contributed by atoms with Gasteiger partial charge in [-0.05, 0) is 81.3 Å². The molecule has 3 aromatic carbocycles. The Bertz CT molecular complexity index is 1720. The molecule has 0 radical (unpaired) electrons. The van der Waals surface area contributed by atoms with Gasteiger partial charge in [0.2, 0.25) is 0 Å². The Balaban J connectivity index is 1.17. The molecule has 1 unspecified atom stereocenters. The van der Waals surface area contributed by atoms with Crippen LogP contribution in [0.1, 0.15) is 61.7 Å². The highest BCUT2D eigenvalue weighted by atomic mass is 16.3. The van der Waals surface area contributed by atoms with Crippen LogP contribution in [0.5, 0.6) is 0 Å². The number of carbonyl (C=O) groups is 1. The van der Waals surface area contributed by atoms with E-state index >= 15 is 0 Å². The summed E-state index contributed by atoms with van der Waals surface area (Å²) in [6.45, 7) is 5.01. The number of carbonyl (C=O) groups excluding carboxylic acids is 1. The van der Waals surface area contributed by atoms with Crippen molar-refractivity contribution < 1.29 is 9.90 Å². The standard InChI is InChI=1S/C32H35N5O3/c1-3-36-30(26-8-4-5-9-27(26)34-36)31(39)33-24-16-12-22(13-17-24)20-35-28-10-6-7-11-29(28)37(32(35)40)25-18-14-23(15-19-25)21(2)38/h4-11,14-15,18-19,21-22,24,38H,3,12-13,16-17,20H2,1-2H3,(H,33,39)/t21?,22-,24-. The predicted molar refractivity (Wildman–Crippen MR) is 157 cm³/mol. The van der Waals surface area contributed by atoms with Crippen molar-refractivity contribution in [1.29, 1.82) is 0 Å². The van der Waals surface area contributed by atoms with Gasteiger partial charge in [0, 0.05) is 24.5 Å². The van der Waals surface area contributed by atoms with Crippen LogP contribution in [0, 0.1) is 5.92 Å². The van der Waals surface area contributed by atoms with E-state index in [1.54, 1.807) is 16.2 Å². The van der Waals surface area contributed by atoms with Crippen molar-refractivity contribution in [1.82, 2.24) is 24.2 Å². The van der Waals surface area contributed by atoms with E-state index in [9.17, 15) is 14.7 Å². The molecule has 5 aromatic rings. The quantitative estimate of drug-likeness (QED) is 0.298. The Labute approximate surface area is 232 Å². The number of hydrogen-bond donors (Lipinski definition) is 2. The van der Waals surface area contributed by atoms with Crippen molar-refractivity contribution in [2.45, 2.75) is 64.8 Å². The Morgan fingerprint density at radius 3 is 2.35 bits per heavy atom. The SMILES string of the molecule is CCn1nc2ccccc2c1C(=O)N[C@H]1CC[C@H](Cn2c(=O)n(-c3ccc(C(C)O)cc3)c3ccccc32)CC1. The molecule has 0 aliphatic heterocycles. The number of aliphatic hydroxyl groups excluding tert-OH is 1. The number of amides is 1. The van der Waals surface area contributed by atoms with Crippen LogP contribution in [0.25, 0.3) is 27.6 Å². The maximum absolute atomic E-state index is 13.7. The Morgan fingerprint density at radius 2 is 1.65 bits per heavy atom. The first kappa shape index (κ1) is 26.1. The number of aliphatic hydroxyl groups is 1. The van der Waals surface area contributed by atoms with Gasteiger partial charge in [-0.15, -0.1) is 0 Å². The molecule has 6 rings (SSSR count). The molecule has 8 heteroatoms. The summed E-state index contributed by atoms with van der Waals surface area (Å²) in [5.74, 6) is 0.282. The van der Waals surface area contributed by atoms with E-state index in [0.29, 0.717) is 24.7 Å². The number of para-hydroxylation sites is 2. The van der Waals surface area contributed by atoms with Gasteiger partial charge in [0.05, 0.1) is 28.3 Å². The van der Waals surface area contributed by atoms with Crippen molar-refractivity contribution in [2.24, 2.45) is 5.92 Å². The Kier molecular flexibility index (Phi) is 7.02. The van der Waals surface area contributed by atoms with Gasteiger partial charge in [0.1, 0.15) is 5.69 Å². The molecule has 8 nitrogen and oxygen atoms in total. The van der Waals surface area contributed by atoms with Crippen LogP contribution in [0.2, 0.25) is 0 Å². The van der Waals surface area contributed by atoms with Gasteiger partial charge in [-0.2, -0.15) is 5.10 Å². The minimum Gasteiger partial charge on any atom is -0.389 e. The number of nitrogens with zero attached hydrogens (tertiary/aromatic N) is 4. The Morgan fingerprint density at radius 1 is 0.975 bits per heavy atom. The molecule has 2 N–H and O–H groups in total. The van der Waals surface area contributed by atoms with Crippen LogP contribution in [0.4, 0.5) is 0 Å². The van der Waals surface area contributed by atoms with Crippen LogP contribution in [0.15, 0.2) is 77.6 Å². The fourth-order valence-electron chi connectivity index (χ4n) is 6.09. The summed E-state index contributed by atoms with van der Waals surface area (Å²) >= 11 is 0. The van der Waals surface area contributed by atoms with Gasteiger partial charge >= 0.3 is 5.69 Å². The number of imidazole rings is 1. The average Bonchev–Trinajstić information content (AvgIpc) is 3.49. The van der Waals surface area contributed by atoms with E-state index in [0.717, 1.165) is 58.9 Å². The third-order valence-corrected chi connectivity index (χ3v) is 8.25. The van der Waals surface area contributed by atoms with Crippen LogP contribution in [-0.2, 0) is 13.1 Å². The molecule has 40 heavy (non-hydrogen) atoms. The molecule has 1 amide bonds. The monoisotopic (exact) mass is 537 g/mol. The van der Waals surface area contributed by atoms with Crippen molar-refractivity contribution >= 4 is 27.8 Å². The second-order valence-electron chi connectivity index (χ2n) is 10.9. The third-order valence-electron chi connectivity index (χ3n) is 8.25. The molecule has 2 heterocycles. The molecule has 1 fully saturated rings. The van der Waals surface area contributed by atoms with Crippen LogP contribution >= 0.6 is 0 Å². The van der Waals surface area contributed by atoms with Crippen molar-refractivity contribution in [3.63, 3.8) is 0 Å². The molecule has 206 valence electrons. The van der Waals surface area contributed by atoms with E-state index in [1.807, 2.05) is 84.3 Å². The molecule has 0 saturated heterocycles. The fourth-order valence-corrected chi connectivity index (χ4v) is 6.09. The van der Waals surface area contributed by atoms with E-state index in [4.69, 9.17) is 0 Å². The highest BCUT2D eigenvalue weighted by Crippen LogP contribution is 2.28. The van der Waals surface area contributed by atoms with Gasteiger partial charge in [-0.25, -0.2) is 4.79 Å². The zero-order valence-corrected chi connectivity index (χ0v) is 23.0. The van der Waals surface area contributed by atoms with E-state index in [-0.39, 0.29) is 17.6 Å². The molecule has 0 spiro atoms. The summed E-state index contributed by atoms with van der Waals surface area (Å²) in [6.07, 6.45) is 3.08. The highest BCUT2D eigenvalue weighted by Gasteiger charge is 2.27. The molecule has 1 aliphatic carbocycles. The highest BCUT2D eigenvalue weighted by molar-refractivity contribution is 6.05. The van der Waals surface area contributed by atoms with E-state index in [1.165, 1.54) is 0 Å². The molecule has 1 saturated carbocycles. The summed E-state index contributed by atoms with van der Waals surface area (Å²) in [5.41, 5.74) is 4.80. The summed E-state index contributed by atoms with van der Waals surface area (Å²) in [4.78, 5) is 27.0. The van der Waals surface area contributed by atoms with Crippen LogP contribution in [-0.4, -0.2) is 36.0 Å². The van der Waals surface area contributed by atoms with Gasteiger partial charge in [0.25, 0.3) is 5.91 Å². The maximum Gasteiger partial charge on any atom is 0.333 e. The normalized spacial score (nSPS) is 18.3. The first-order chi connectivity index (χ1) is 19.4. The molecule has 1 atom stereocenters. The molecule has 2 aromatic heterocycles. The zero-order valence-electron chi connectivity index (χ0n) is 23.0. The number of aromatic nitrogens is 4. The number of nitrogens with one attached hydrogen (secondary N) is 1. The number of rotatable bonds is 7. The third kappa shape index (κ3) is 4.73. The number of benzene rings is 3. The molecular formula is C32H35N5O3. The van der Waals surface area contributed by atoms with E-state index < -0.39 is 6.10 Å². The van der Waals surface area contributed by atoms with Gasteiger partial charge < -0.3 is 10.4 Å². The number of fused-ring (bicyclic) bond motifs is 2. The maximum atomic E-state index is 13.7. The topological polar surface area (TPSA) is 94.1 Å². The van der Waals surface area contributed by atoms with Crippen molar-refractivity contribution in [3.8, 4) is 5.69 Å². The first-order valence-electron chi connectivity index (χ1n) is 14.2. The molecular weight excluding hydrogens is 502 g/mol. The second kappa shape index (κ2) is 10.8. The Hall–Kier alpha value is -4.17. The summed E-state index contributed by atoms with van der Waals surface area (Å²) in [5, 5.41) is 18.6. The minimum atomic E-state index is -0.555. The first-order valence-corrected chi connectivity index (χ1v) is 14.2. The van der Waals surface area contributed by atoms with Crippen LogP contribution < -0.4 is 11.0 Å².